The van der Waals surface area contributed by atoms with Crippen molar-refractivity contribution in [1.82, 2.24) is 5.32 Å². The summed E-state index contributed by atoms with van der Waals surface area (Å²) in [6.07, 6.45) is 3.05. The molecule has 0 spiro atoms. The maximum absolute atomic E-state index is 9.00. The van der Waals surface area contributed by atoms with Gasteiger partial charge in [0.2, 0.25) is 0 Å². The van der Waals surface area contributed by atoms with Gasteiger partial charge in [0.25, 0.3) is 0 Å². The van der Waals surface area contributed by atoms with E-state index in [-0.39, 0.29) is 6.61 Å². The van der Waals surface area contributed by atoms with Crippen molar-refractivity contribution >= 4 is 0 Å². The number of rotatable bonds is 5. The van der Waals surface area contributed by atoms with Crippen molar-refractivity contribution in [2.75, 3.05) is 19.8 Å². The van der Waals surface area contributed by atoms with Gasteiger partial charge in [-0.05, 0) is 51.1 Å². The van der Waals surface area contributed by atoms with Crippen LogP contribution in [0.2, 0.25) is 0 Å². The van der Waals surface area contributed by atoms with E-state index in [4.69, 9.17) is 9.84 Å². The average Bonchev–Trinajstić information content (AvgIpc) is 2.59. The van der Waals surface area contributed by atoms with Crippen molar-refractivity contribution < 1.29 is 9.84 Å². The lowest BCUT2D eigenvalue weighted by Crippen LogP contribution is -2.26. The number of aliphatic hydroxyl groups excluding tert-OH is 1. The van der Waals surface area contributed by atoms with E-state index in [1.165, 1.54) is 16.7 Å². The molecular formula is C17H27NO2. The third kappa shape index (κ3) is 3.74. The third-order valence-electron chi connectivity index (χ3n) is 4.04. The van der Waals surface area contributed by atoms with E-state index >= 15 is 0 Å². The summed E-state index contributed by atoms with van der Waals surface area (Å²) in [4.78, 5) is 0. The van der Waals surface area contributed by atoms with Crippen molar-refractivity contribution in [1.29, 1.82) is 0 Å². The molecule has 2 unspecified atom stereocenters. The Kier molecular flexibility index (Phi) is 5.44. The van der Waals surface area contributed by atoms with E-state index in [9.17, 15) is 0 Å². The normalized spacial score (nSPS) is 19.9. The van der Waals surface area contributed by atoms with Crippen LogP contribution in [-0.2, 0) is 0 Å². The van der Waals surface area contributed by atoms with Crippen LogP contribution in [0.25, 0.3) is 0 Å². The number of aryl methyl sites for hydroxylation is 2. The molecule has 0 bridgehead atoms. The Bertz CT molecular complexity index is 445. The lowest BCUT2D eigenvalue weighted by atomic mass is 9.96. The molecule has 0 aliphatic carbocycles. The monoisotopic (exact) mass is 277 g/mol. The van der Waals surface area contributed by atoms with E-state index < -0.39 is 0 Å². The largest absolute Gasteiger partial charge is 0.493 e. The number of benzene rings is 1. The first-order valence-electron chi connectivity index (χ1n) is 7.70. The number of nitrogens with one attached hydrogen (secondary N) is 1. The first-order chi connectivity index (χ1) is 9.61. The summed E-state index contributed by atoms with van der Waals surface area (Å²) in [7, 11) is 0. The molecule has 0 fully saturated rings. The fourth-order valence-corrected chi connectivity index (χ4v) is 2.94. The molecule has 1 aliphatic heterocycles. The van der Waals surface area contributed by atoms with Crippen LogP contribution in [0, 0.1) is 19.8 Å². The van der Waals surface area contributed by atoms with Crippen LogP contribution in [0.5, 0.6) is 5.75 Å². The molecular weight excluding hydrogens is 250 g/mol. The average molecular weight is 277 g/mol. The third-order valence-corrected chi connectivity index (χ3v) is 4.04. The number of hydrogen-bond acceptors (Lipinski definition) is 3. The second-order valence-electron chi connectivity index (χ2n) is 6.07. The lowest BCUT2D eigenvalue weighted by Gasteiger charge is -2.22. The molecule has 112 valence electrons. The second kappa shape index (κ2) is 7.09. The Morgan fingerprint density at radius 3 is 2.95 bits per heavy atom. The molecule has 2 N–H and O–H groups in total. The van der Waals surface area contributed by atoms with Gasteiger partial charge in [-0.1, -0.05) is 24.6 Å². The van der Waals surface area contributed by atoms with Gasteiger partial charge in [0, 0.05) is 18.2 Å². The zero-order chi connectivity index (χ0) is 14.5. The summed E-state index contributed by atoms with van der Waals surface area (Å²) < 4.78 is 5.94. The lowest BCUT2D eigenvalue weighted by molar-refractivity contribution is 0.257. The van der Waals surface area contributed by atoms with Crippen LogP contribution in [0.3, 0.4) is 0 Å². The molecule has 1 aromatic carbocycles. The van der Waals surface area contributed by atoms with Crippen molar-refractivity contribution in [3.8, 4) is 5.75 Å². The summed E-state index contributed by atoms with van der Waals surface area (Å²) in [5, 5.41) is 12.7. The summed E-state index contributed by atoms with van der Waals surface area (Å²) in [6, 6.07) is 4.81. The predicted molar refractivity (Wildman–Crippen MR) is 82.3 cm³/mol. The summed E-state index contributed by atoms with van der Waals surface area (Å²) in [5.74, 6) is 1.57. The smallest absolute Gasteiger partial charge is 0.126 e. The van der Waals surface area contributed by atoms with Crippen molar-refractivity contribution in [2.45, 2.75) is 46.1 Å². The van der Waals surface area contributed by atoms with Gasteiger partial charge < -0.3 is 15.2 Å². The minimum absolute atomic E-state index is 0.269. The topological polar surface area (TPSA) is 41.5 Å². The molecule has 3 heteroatoms. The van der Waals surface area contributed by atoms with Gasteiger partial charge >= 0.3 is 0 Å². The molecule has 0 saturated heterocycles. The molecule has 0 aromatic heterocycles. The zero-order valence-electron chi connectivity index (χ0n) is 12.9. The molecule has 0 amide bonds. The number of fused-ring (bicyclic) bond motifs is 1. The van der Waals surface area contributed by atoms with E-state index in [0.717, 1.165) is 38.2 Å². The maximum atomic E-state index is 9.00. The fourth-order valence-electron chi connectivity index (χ4n) is 2.94. The van der Waals surface area contributed by atoms with E-state index in [0.29, 0.717) is 12.0 Å². The van der Waals surface area contributed by atoms with Crippen molar-refractivity contribution in [2.24, 2.45) is 5.92 Å². The summed E-state index contributed by atoms with van der Waals surface area (Å²) in [6.45, 7) is 8.47. The molecule has 2 rings (SSSR count). The van der Waals surface area contributed by atoms with Crippen LogP contribution in [-0.4, -0.2) is 24.9 Å². The Hall–Kier alpha value is -1.06. The summed E-state index contributed by atoms with van der Waals surface area (Å²) in [5.41, 5.74) is 3.83. The second-order valence-corrected chi connectivity index (χ2v) is 6.07. The Morgan fingerprint density at radius 2 is 2.20 bits per heavy atom. The number of aliphatic hydroxyl groups is 1. The first-order valence-corrected chi connectivity index (χ1v) is 7.70. The van der Waals surface area contributed by atoms with Crippen LogP contribution < -0.4 is 10.1 Å². The zero-order valence-corrected chi connectivity index (χ0v) is 12.9. The van der Waals surface area contributed by atoms with E-state index in [2.05, 4.69) is 38.2 Å². The van der Waals surface area contributed by atoms with Crippen molar-refractivity contribution in [3.05, 3.63) is 28.8 Å². The van der Waals surface area contributed by atoms with Crippen LogP contribution in [0.1, 0.15) is 48.9 Å². The standard InChI is InChI=1S/C17H27NO2/c1-12(6-7-19)11-18-16-5-4-8-20-17-14(3)9-13(2)10-15(16)17/h9-10,12,16,18-19H,4-8,11H2,1-3H3. The molecule has 1 heterocycles. The van der Waals surface area contributed by atoms with Gasteiger partial charge in [-0.2, -0.15) is 0 Å². The molecule has 1 aromatic rings. The molecule has 0 radical (unpaired) electrons. The van der Waals surface area contributed by atoms with E-state index in [1.54, 1.807) is 0 Å². The van der Waals surface area contributed by atoms with Crippen LogP contribution in [0.15, 0.2) is 12.1 Å². The highest BCUT2D eigenvalue weighted by molar-refractivity contribution is 5.46. The van der Waals surface area contributed by atoms with Gasteiger partial charge in [0.1, 0.15) is 5.75 Å². The minimum Gasteiger partial charge on any atom is -0.493 e. The molecule has 3 nitrogen and oxygen atoms in total. The highest BCUT2D eigenvalue weighted by atomic mass is 16.5. The Labute approximate surface area is 122 Å². The number of ether oxygens (including phenoxy) is 1. The quantitative estimate of drug-likeness (QED) is 0.869. The predicted octanol–water partition coefficient (Wildman–Crippen LogP) is 3.13. The highest BCUT2D eigenvalue weighted by Gasteiger charge is 2.21. The maximum Gasteiger partial charge on any atom is 0.126 e. The number of hydrogen-bond donors (Lipinski definition) is 2. The minimum atomic E-state index is 0.269. The van der Waals surface area contributed by atoms with Gasteiger partial charge in [-0.3, -0.25) is 0 Å². The van der Waals surface area contributed by atoms with E-state index in [1.807, 2.05) is 0 Å². The Balaban J connectivity index is 2.14. The summed E-state index contributed by atoms with van der Waals surface area (Å²) >= 11 is 0. The van der Waals surface area contributed by atoms with Gasteiger partial charge in [0.15, 0.2) is 0 Å². The molecule has 1 aliphatic rings. The molecule has 2 atom stereocenters. The first kappa shape index (κ1) is 15.3. The van der Waals surface area contributed by atoms with Gasteiger partial charge in [0.05, 0.1) is 6.61 Å². The molecule has 0 saturated carbocycles. The van der Waals surface area contributed by atoms with Crippen LogP contribution in [0.4, 0.5) is 0 Å². The van der Waals surface area contributed by atoms with Crippen LogP contribution >= 0.6 is 0 Å². The van der Waals surface area contributed by atoms with Gasteiger partial charge in [-0.15, -0.1) is 0 Å². The fraction of sp³-hybridized carbons (Fsp3) is 0.647. The Morgan fingerprint density at radius 1 is 1.40 bits per heavy atom. The van der Waals surface area contributed by atoms with Crippen molar-refractivity contribution in [3.63, 3.8) is 0 Å². The SMILES string of the molecule is Cc1cc(C)c2c(c1)C(NCC(C)CCO)CCCO2. The molecule has 20 heavy (non-hydrogen) atoms. The van der Waals surface area contributed by atoms with Gasteiger partial charge in [-0.25, -0.2) is 0 Å². The highest BCUT2D eigenvalue weighted by Crippen LogP contribution is 2.35.